The minimum absolute atomic E-state index is 0.234. The monoisotopic (exact) mass is 346 g/mol. The van der Waals surface area contributed by atoms with E-state index >= 15 is 0 Å². The summed E-state index contributed by atoms with van der Waals surface area (Å²) in [4.78, 5) is 0. The van der Waals surface area contributed by atoms with E-state index in [1.54, 1.807) is 0 Å². The second-order valence-electron chi connectivity index (χ2n) is 5.18. The van der Waals surface area contributed by atoms with Gasteiger partial charge in [0.15, 0.2) is 0 Å². The summed E-state index contributed by atoms with van der Waals surface area (Å²) in [7, 11) is 0. The molecule has 1 atom stereocenters. The first kappa shape index (κ1) is 19.0. The van der Waals surface area contributed by atoms with Gasteiger partial charge in [0.1, 0.15) is 0 Å². The summed E-state index contributed by atoms with van der Waals surface area (Å²) < 4.78 is 1.59. The summed E-state index contributed by atoms with van der Waals surface area (Å²) in [6.45, 7) is 10.6. The second-order valence-corrected chi connectivity index (χ2v) is 7.67. The predicted octanol–water partition coefficient (Wildman–Crippen LogP) is 5.60. The van der Waals surface area contributed by atoms with Crippen LogP contribution in [-0.4, -0.2) is 16.1 Å². The molecule has 1 aliphatic carbocycles. The van der Waals surface area contributed by atoms with E-state index in [0.717, 1.165) is 22.9 Å². The highest BCUT2D eigenvalue weighted by Gasteiger charge is 2.21. The summed E-state index contributed by atoms with van der Waals surface area (Å²) in [5.74, 6) is 0. The maximum Gasteiger partial charge on any atom is 0.0796 e. The minimum atomic E-state index is -0.234. The summed E-state index contributed by atoms with van der Waals surface area (Å²) in [6.07, 6.45) is 3.76. The number of hydrogen-bond acceptors (Lipinski definition) is 2. The maximum absolute atomic E-state index is 9.48. The van der Waals surface area contributed by atoms with Crippen molar-refractivity contribution in [2.24, 2.45) is 0 Å². The van der Waals surface area contributed by atoms with Crippen molar-refractivity contribution in [3.63, 3.8) is 0 Å². The third-order valence-corrected chi connectivity index (χ3v) is 4.76. The summed E-state index contributed by atoms with van der Waals surface area (Å²) in [6, 6.07) is 5.99. The van der Waals surface area contributed by atoms with Gasteiger partial charge in [-0.3, -0.25) is 0 Å². The Hall–Kier alpha value is 0.0100. The molecular formula is C16H27BrOS. The molecule has 110 valence electrons. The normalized spacial score (nSPS) is 16.7. The fraction of sp³-hybridized carbons (Fsp3) is 0.625. The van der Waals surface area contributed by atoms with Gasteiger partial charge >= 0.3 is 0 Å². The molecule has 1 N–H and O–H groups in total. The lowest BCUT2D eigenvalue weighted by molar-refractivity contribution is 0.180. The van der Waals surface area contributed by atoms with Crippen LogP contribution in [0.2, 0.25) is 0 Å². The van der Waals surface area contributed by atoms with E-state index in [-0.39, 0.29) is 6.10 Å². The van der Waals surface area contributed by atoms with Crippen molar-refractivity contribution in [2.45, 2.75) is 58.3 Å². The largest absolute Gasteiger partial charge is 0.388 e. The van der Waals surface area contributed by atoms with Gasteiger partial charge in [-0.25, -0.2) is 0 Å². The number of aliphatic hydroxyl groups is 1. The lowest BCUT2D eigenvalue weighted by atomic mass is 10.1. The Morgan fingerprint density at radius 3 is 2.21 bits per heavy atom. The van der Waals surface area contributed by atoms with Crippen molar-refractivity contribution >= 4 is 27.7 Å². The van der Waals surface area contributed by atoms with Crippen molar-refractivity contribution in [2.75, 3.05) is 6.26 Å². The molecule has 1 aromatic carbocycles. The van der Waals surface area contributed by atoms with E-state index < -0.39 is 0 Å². The average Bonchev–Trinajstić information content (AvgIpc) is 2.75. The zero-order chi connectivity index (χ0) is 15.1. The third-order valence-electron chi connectivity index (χ3n) is 2.79. The van der Waals surface area contributed by atoms with Gasteiger partial charge in [-0.2, -0.15) is 11.8 Å². The second kappa shape index (κ2) is 9.04. The van der Waals surface area contributed by atoms with Crippen LogP contribution < -0.4 is 0 Å². The Balaban J connectivity index is 0.000000350. The number of fused-ring (bicyclic) bond motifs is 1. The van der Waals surface area contributed by atoms with Crippen molar-refractivity contribution < 1.29 is 5.11 Å². The predicted molar refractivity (Wildman–Crippen MR) is 92.0 cm³/mol. The first-order valence-corrected chi connectivity index (χ1v) is 8.87. The maximum atomic E-state index is 9.48. The fourth-order valence-electron chi connectivity index (χ4n) is 1.59. The van der Waals surface area contributed by atoms with Crippen molar-refractivity contribution in [3.05, 3.63) is 33.8 Å². The molecular weight excluding hydrogens is 320 g/mol. The molecule has 19 heavy (non-hydrogen) atoms. The van der Waals surface area contributed by atoms with Crippen molar-refractivity contribution in [1.29, 1.82) is 0 Å². The fourth-order valence-corrected chi connectivity index (χ4v) is 2.17. The minimum Gasteiger partial charge on any atom is -0.388 e. The lowest BCUT2D eigenvalue weighted by Gasteiger charge is -2.12. The quantitative estimate of drug-likeness (QED) is 0.659. The van der Waals surface area contributed by atoms with Crippen LogP contribution in [0.1, 0.15) is 58.3 Å². The summed E-state index contributed by atoms with van der Waals surface area (Å²) in [5, 5.41) is 9.48. The molecule has 0 saturated heterocycles. The molecule has 3 heteroatoms. The number of aliphatic hydroxyl groups excluding tert-OH is 1. The van der Waals surface area contributed by atoms with Gasteiger partial charge in [-0.15, -0.1) is 0 Å². The molecule has 0 spiro atoms. The first-order valence-electron chi connectivity index (χ1n) is 6.85. The molecule has 0 aromatic heterocycles. The van der Waals surface area contributed by atoms with Gasteiger partial charge in [0.25, 0.3) is 0 Å². The van der Waals surface area contributed by atoms with Crippen LogP contribution in [0.15, 0.2) is 22.7 Å². The van der Waals surface area contributed by atoms with E-state index in [2.05, 4.69) is 43.0 Å². The van der Waals surface area contributed by atoms with Crippen LogP contribution >= 0.6 is 27.7 Å². The Morgan fingerprint density at radius 2 is 1.79 bits per heavy atom. The van der Waals surface area contributed by atoms with Gasteiger partial charge in [-0.1, -0.05) is 62.7 Å². The average molecular weight is 347 g/mol. The highest BCUT2D eigenvalue weighted by atomic mass is 79.9. The smallest absolute Gasteiger partial charge is 0.0796 e. The molecule has 0 fully saturated rings. The SMILES string of the molecule is CC.CSC(C)(C)C.OC1CCc2c(Br)cccc21. The molecule has 0 aliphatic heterocycles. The summed E-state index contributed by atoms with van der Waals surface area (Å²) >= 11 is 5.35. The van der Waals surface area contributed by atoms with Crippen LogP contribution in [0.5, 0.6) is 0 Å². The van der Waals surface area contributed by atoms with Crippen molar-refractivity contribution in [3.8, 4) is 0 Å². The number of benzene rings is 1. The number of rotatable bonds is 0. The molecule has 0 amide bonds. The van der Waals surface area contributed by atoms with Gasteiger partial charge in [-0.05, 0) is 36.3 Å². The van der Waals surface area contributed by atoms with Crippen LogP contribution in [0.4, 0.5) is 0 Å². The molecule has 0 saturated carbocycles. The highest BCUT2D eigenvalue weighted by Crippen LogP contribution is 2.35. The van der Waals surface area contributed by atoms with E-state index in [1.165, 1.54) is 5.56 Å². The Labute approximate surface area is 131 Å². The van der Waals surface area contributed by atoms with Crippen LogP contribution in [0.3, 0.4) is 0 Å². The molecule has 0 radical (unpaired) electrons. The van der Waals surface area contributed by atoms with Crippen LogP contribution in [0.25, 0.3) is 0 Å². The van der Waals surface area contributed by atoms with E-state index in [9.17, 15) is 5.11 Å². The summed E-state index contributed by atoms with van der Waals surface area (Å²) in [5.41, 5.74) is 2.37. The van der Waals surface area contributed by atoms with Gasteiger partial charge in [0, 0.05) is 9.22 Å². The van der Waals surface area contributed by atoms with Crippen molar-refractivity contribution in [1.82, 2.24) is 0 Å². The van der Waals surface area contributed by atoms with Gasteiger partial charge in [0.05, 0.1) is 6.10 Å². The molecule has 2 rings (SSSR count). The molecule has 1 unspecified atom stereocenters. The Morgan fingerprint density at radius 1 is 1.26 bits per heavy atom. The van der Waals surface area contributed by atoms with E-state index in [4.69, 9.17) is 0 Å². The number of thioether (sulfide) groups is 1. The Bertz CT molecular complexity index is 372. The van der Waals surface area contributed by atoms with Crippen LogP contribution in [0, 0.1) is 0 Å². The highest BCUT2D eigenvalue weighted by molar-refractivity contribution is 9.10. The number of hydrogen-bond donors (Lipinski definition) is 1. The molecule has 1 nitrogen and oxygen atoms in total. The van der Waals surface area contributed by atoms with E-state index in [1.807, 2.05) is 43.8 Å². The molecule has 0 heterocycles. The Kier molecular flexibility index (Phi) is 9.04. The lowest BCUT2D eigenvalue weighted by Crippen LogP contribution is -2.04. The molecule has 0 bridgehead atoms. The van der Waals surface area contributed by atoms with Crippen LogP contribution in [-0.2, 0) is 6.42 Å². The van der Waals surface area contributed by atoms with Gasteiger partial charge in [0.2, 0.25) is 0 Å². The molecule has 1 aliphatic rings. The number of halogens is 1. The molecule has 1 aromatic rings. The third kappa shape index (κ3) is 6.82. The topological polar surface area (TPSA) is 20.2 Å². The zero-order valence-electron chi connectivity index (χ0n) is 13.0. The van der Waals surface area contributed by atoms with E-state index in [0.29, 0.717) is 4.75 Å². The van der Waals surface area contributed by atoms with Gasteiger partial charge < -0.3 is 5.11 Å². The standard InChI is InChI=1S/C9H9BrO.C5H12S.C2H6/c10-8-3-1-2-7-6(8)4-5-9(7)11;1-5(2,3)6-4;1-2/h1-3,9,11H,4-5H2;1-4H3;1-2H3. The zero-order valence-corrected chi connectivity index (χ0v) is 15.4. The first-order chi connectivity index (χ1) is 8.85.